The van der Waals surface area contributed by atoms with E-state index in [-0.39, 0.29) is 17.9 Å². The third-order valence-corrected chi connectivity index (χ3v) is 6.09. The number of aryl methyl sites for hydroxylation is 1. The van der Waals surface area contributed by atoms with E-state index >= 15 is 0 Å². The van der Waals surface area contributed by atoms with Gasteiger partial charge in [-0.2, -0.15) is 4.31 Å². The molecule has 0 spiro atoms. The molecule has 0 bridgehead atoms. The van der Waals surface area contributed by atoms with Gasteiger partial charge in [0.15, 0.2) is 0 Å². The molecule has 1 fully saturated rings. The standard InChI is InChI=1S/C14H25N3O3S/c1-4-16-10-8-15-14(16)13-7-5-6-9-17(13)21(18,19)11-12(2)20-3/h8,10,12-13H,4-7,9,11H2,1-3H3/t12-,13-/m0/s1. The summed E-state index contributed by atoms with van der Waals surface area (Å²) in [6.45, 7) is 5.19. The maximum Gasteiger partial charge on any atom is 0.217 e. The second-order valence-corrected chi connectivity index (χ2v) is 7.48. The van der Waals surface area contributed by atoms with Crippen molar-refractivity contribution in [3.05, 3.63) is 18.2 Å². The van der Waals surface area contributed by atoms with Crippen molar-refractivity contribution in [3.8, 4) is 0 Å². The van der Waals surface area contributed by atoms with E-state index in [2.05, 4.69) is 4.98 Å². The van der Waals surface area contributed by atoms with Crippen LogP contribution in [0.25, 0.3) is 0 Å². The predicted octanol–water partition coefficient (Wildman–Crippen LogP) is 1.79. The summed E-state index contributed by atoms with van der Waals surface area (Å²) in [5.41, 5.74) is 0. The van der Waals surface area contributed by atoms with Crippen molar-refractivity contribution in [1.29, 1.82) is 0 Å². The van der Waals surface area contributed by atoms with Crippen LogP contribution in [0.1, 0.15) is 45.0 Å². The fraction of sp³-hybridized carbons (Fsp3) is 0.786. The molecule has 0 N–H and O–H groups in total. The topological polar surface area (TPSA) is 64.4 Å². The zero-order valence-corrected chi connectivity index (χ0v) is 13.8. The van der Waals surface area contributed by atoms with E-state index in [1.54, 1.807) is 17.4 Å². The number of methoxy groups -OCH3 is 1. The van der Waals surface area contributed by atoms with Gasteiger partial charge in [0.25, 0.3) is 0 Å². The van der Waals surface area contributed by atoms with E-state index in [9.17, 15) is 8.42 Å². The Hall–Kier alpha value is -0.920. The third kappa shape index (κ3) is 3.64. The SMILES string of the molecule is CCn1ccnc1[C@@H]1CCCCN1S(=O)(=O)C[C@H](C)OC. The highest BCUT2D eigenvalue weighted by Gasteiger charge is 2.36. The number of rotatable bonds is 6. The van der Waals surface area contributed by atoms with E-state index in [1.165, 1.54) is 7.11 Å². The number of hydrogen-bond donors (Lipinski definition) is 0. The van der Waals surface area contributed by atoms with Crippen LogP contribution in [0.3, 0.4) is 0 Å². The largest absolute Gasteiger partial charge is 0.381 e. The monoisotopic (exact) mass is 315 g/mol. The van der Waals surface area contributed by atoms with Crippen LogP contribution in [-0.4, -0.2) is 47.8 Å². The normalized spacial score (nSPS) is 22.3. The highest BCUT2D eigenvalue weighted by molar-refractivity contribution is 7.89. The van der Waals surface area contributed by atoms with E-state index in [0.29, 0.717) is 6.54 Å². The first kappa shape index (κ1) is 16.5. The van der Waals surface area contributed by atoms with Crippen molar-refractivity contribution in [1.82, 2.24) is 13.9 Å². The Kier molecular flexibility index (Phi) is 5.40. The Morgan fingerprint density at radius 2 is 2.24 bits per heavy atom. The van der Waals surface area contributed by atoms with E-state index < -0.39 is 10.0 Å². The minimum atomic E-state index is -3.34. The average molecular weight is 315 g/mol. The molecular formula is C14H25N3O3S. The van der Waals surface area contributed by atoms with Crippen LogP contribution in [0.4, 0.5) is 0 Å². The number of imidazole rings is 1. The van der Waals surface area contributed by atoms with E-state index in [0.717, 1.165) is 31.6 Å². The summed E-state index contributed by atoms with van der Waals surface area (Å²) in [6.07, 6.45) is 6.13. The Bertz CT molecular complexity index is 556. The average Bonchev–Trinajstić information content (AvgIpc) is 2.95. The van der Waals surface area contributed by atoms with Gasteiger partial charge in [0.2, 0.25) is 10.0 Å². The molecule has 6 nitrogen and oxygen atoms in total. The molecule has 120 valence electrons. The Balaban J connectivity index is 2.27. The summed E-state index contributed by atoms with van der Waals surface area (Å²) in [7, 11) is -1.80. The number of nitrogens with zero attached hydrogens (tertiary/aromatic N) is 3. The summed E-state index contributed by atoms with van der Waals surface area (Å²) in [5, 5.41) is 0. The fourth-order valence-corrected chi connectivity index (χ4v) is 4.76. The molecule has 0 aliphatic carbocycles. The van der Waals surface area contributed by atoms with E-state index in [4.69, 9.17) is 4.74 Å². The van der Waals surface area contributed by atoms with Gasteiger partial charge in [0, 0.05) is 32.6 Å². The molecule has 1 aromatic heterocycles. The molecule has 2 heterocycles. The lowest BCUT2D eigenvalue weighted by Gasteiger charge is -2.35. The van der Waals surface area contributed by atoms with Gasteiger partial charge >= 0.3 is 0 Å². The zero-order chi connectivity index (χ0) is 15.5. The molecule has 0 aromatic carbocycles. The number of aromatic nitrogens is 2. The minimum Gasteiger partial charge on any atom is -0.381 e. The van der Waals surface area contributed by atoms with Crippen LogP contribution in [0.5, 0.6) is 0 Å². The summed E-state index contributed by atoms with van der Waals surface area (Å²) in [6, 6.07) is -0.150. The fourth-order valence-electron chi connectivity index (χ4n) is 2.84. The second kappa shape index (κ2) is 6.89. The van der Waals surface area contributed by atoms with Crippen LogP contribution in [-0.2, 0) is 21.3 Å². The van der Waals surface area contributed by atoms with Crippen LogP contribution in [0.2, 0.25) is 0 Å². The van der Waals surface area contributed by atoms with Crippen molar-refractivity contribution in [2.24, 2.45) is 0 Å². The first-order valence-corrected chi connectivity index (χ1v) is 9.13. The molecule has 1 saturated heterocycles. The molecule has 2 rings (SSSR count). The molecule has 0 saturated carbocycles. The predicted molar refractivity (Wildman–Crippen MR) is 81.5 cm³/mol. The molecule has 0 amide bonds. The Morgan fingerprint density at radius 1 is 1.48 bits per heavy atom. The van der Waals surface area contributed by atoms with E-state index in [1.807, 2.05) is 17.7 Å². The molecular weight excluding hydrogens is 290 g/mol. The summed E-state index contributed by atoms with van der Waals surface area (Å²) < 4.78 is 34.1. The van der Waals surface area contributed by atoms with Gasteiger partial charge in [0.1, 0.15) is 5.82 Å². The summed E-state index contributed by atoms with van der Waals surface area (Å²) in [4.78, 5) is 4.40. The molecule has 0 unspecified atom stereocenters. The van der Waals surface area contributed by atoms with Crippen molar-refractivity contribution >= 4 is 10.0 Å². The summed E-state index contributed by atoms with van der Waals surface area (Å²) in [5.74, 6) is 0.873. The zero-order valence-electron chi connectivity index (χ0n) is 13.0. The van der Waals surface area contributed by atoms with Crippen LogP contribution >= 0.6 is 0 Å². The van der Waals surface area contributed by atoms with Gasteiger partial charge in [-0.15, -0.1) is 0 Å². The van der Waals surface area contributed by atoms with Gasteiger partial charge < -0.3 is 9.30 Å². The maximum atomic E-state index is 12.7. The first-order chi connectivity index (χ1) is 9.99. The van der Waals surface area contributed by atoms with Crippen molar-refractivity contribution in [2.75, 3.05) is 19.4 Å². The molecule has 1 aliphatic heterocycles. The number of ether oxygens (including phenoxy) is 1. The molecule has 1 aliphatic rings. The lowest BCUT2D eigenvalue weighted by molar-refractivity contribution is 0.133. The number of hydrogen-bond acceptors (Lipinski definition) is 4. The first-order valence-electron chi connectivity index (χ1n) is 7.53. The number of sulfonamides is 1. The smallest absolute Gasteiger partial charge is 0.217 e. The van der Waals surface area contributed by atoms with Crippen molar-refractivity contribution < 1.29 is 13.2 Å². The van der Waals surface area contributed by atoms with Gasteiger partial charge in [-0.05, 0) is 26.7 Å². The quantitative estimate of drug-likeness (QED) is 0.803. The Morgan fingerprint density at radius 3 is 2.90 bits per heavy atom. The molecule has 0 radical (unpaired) electrons. The van der Waals surface area contributed by atoms with Gasteiger partial charge in [-0.3, -0.25) is 0 Å². The van der Waals surface area contributed by atoms with Crippen LogP contribution in [0, 0.1) is 0 Å². The lowest BCUT2D eigenvalue weighted by Crippen LogP contribution is -2.42. The van der Waals surface area contributed by atoms with Gasteiger partial charge in [0.05, 0.1) is 17.9 Å². The Labute approximate surface area is 127 Å². The minimum absolute atomic E-state index is 0.0207. The molecule has 21 heavy (non-hydrogen) atoms. The van der Waals surface area contributed by atoms with Crippen molar-refractivity contribution in [3.63, 3.8) is 0 Å². The maximum absolute atomic E-state index is 12.7. The molecule has 2 atom stereocenters. The van der Waals surface area contributed by atoms with Gasteiger partial charge in [-0.1, -0.05) is 6.42 Å². The van der Waals surface area contributed by atoms with Crippen LogP contribution in [0.15, 0.2) is 12.4 Å². The highest BCUT2D eigenvalue weighted by Crippen LogP contribution is 2.32. The van der Waals surface area contributed by atoms with Gasteiger partial charge in [-0.25, -0.2) is 13.4 Å². The number of piperidine rings is 1. The van der Waals surface area contributed by atoms with Crippen molar-refractivity contribution in [2.45, 2.75) is 51.8 Å². The second-order valence-electron chi connectivity index (χ2n) is 5.52. The molecule has 7 heteroatoms. The van der Waals surface area contributed by atoms with Crippen LogP contribution < -0.4 is 0 Å². The highest BCUT2D eigenvalue weighted by atomic mass is 32.2. The molecule has 1 aromatic rings. The summed E-state index contributed by atoms with van der Waals surface area (Å²) >= 11 is 0. The lowest BCUT2D eigenvalue weighted by atomic mass is 10.0. The third-order valence-electron chi connectivity index (χ3n) is 4.05.